The molecule has 0 atom stereocenters. The molecule has 0 amide bonds. The Labute approximate surface area is 165 Å². The Balaban J connectivity index is 1.76. The van der Waals surface area contributed by atoms with Crippen LogP contribution in [0.4, 0.5) is 0 Å². The highest BCUT2D eigenvalue weighted by Gasteiger charge is 2.20. The van der Waals surface area contributed by atoms with E-state index in [2.05, 4.69) is 33.0 Å². The summed E-state index contributed by atoms with van der Waals surface area (Å²) in [4.78, 5) is 19.5. The number of aryl methyl sites for hydroxylation is 1. The van der Waals surface area contributed by atoms with Gasteiger partial charge < -0.3 is 14.8 Å². The fourth-order valence-corrected chi connectivity index (χ4v) is 4.20. The third-order valence-electron chi connectivity index (χ3n) is 5.03. The highest BCUT2D eigenvalue weighted by molar-refractivity contribution is 9.10. The van der Waals surface area contributed by atoms with Crippen LogP contribution >= 0.6 is 15.9 Å². The number of methoxy groups -OCH3 is 1. The fourth-order valence-electron chi connectivity index (χ4n) is 3.72. The molecule has 1 aliphatic heterocycles. The normalized spacial score (nSPS) is 13.4. The van der Waals surface area contributed by atoms with Crippen LogP contribution in [0, 0.1) is 6.92 Å². The Bertz CT molecular complexity index is 1100. The summed E-state index contributed by atoms with van der Waals surface area (Å²) >= 11 is 3.64. The average molecular weight is 427 g/mol. The number of aliphatic imine (C=N–C) groups is 1. The van der Waals surface area contributed by atoms with Crippen molar-refractivity contribution in [1.82, 2.24) is 4.98 Å². The van der Waals surface area contributed by atoms with Gasteiger partial charge in [-0.25, -0.2) is 4.79 Å². The highest BCUT2D eigenvalue weighted by Crippen LogP contribution is 2.31. The van der Waals surface area contributed by atoms with E-state index in [4.69, 9.17) is 9.73 Å². The summed E-state index contributed by atoms with van der Waals surface area (Å²) in [7, 11) is 1.67. The molecule has 0 fully saturated rings. The quantitative estimate of drug-likeness (QED) is 0.643. The van der Waals surface area contributed by atoms with E-state index >= 15 is 0 Å². The van der Waals surface area contributed by atoms with E-state index in [1.54, 1.807) is 14.0 Å². The third-order valence-corrected chi connectivity index (χ3v) is 5.77. The number of halogens is 1. The Kier molecular flexibility index (Phi) is 4.52. The number of aromatic nitrogens is 1. The van der Waals surface area contributed by atoms with Gasteiger partial charge in [-0.2, -0.15) is 0 Å². The van der Waals surface area contributed by atoms with Crippen molar-refractivity contribution >= 4 is 38.5 Å². The number of hydrogen-bond acceptors (Lipinski definition) is 3. The van der Waals surface area contributed by atoms with Crippen LogP contribution in [0.5, 0.6) is 5.75 Å². The number of H-pyrrole nitrogens is 1. The molecule has 2 heterocycles. The van der Waals surface area contributed by atoms with Gasteiger partial charge in [0.25, 0.3) is 0 Å². The van der Waals surface area contributed by atoms with Crippen LogP contribution in [0.15, 0.2) is 39.8 Å². The first-order valence-electron chi connectivity index (χ1n) is 8.72. The van der Waals surface area contributed by atoms with E-state index < -0.39 is 5.97 Å². The van der Waals surface area contributed by atoms with E-state index in [-0.39, 0.29) is 0 Å². The lowest BCUT2D eigenvalue weighted by Crippen LogP contribution is -2.15. The lowest BCUT2D eigenvalue weighted by molar-refractivity contribution is 0.0698. The van der Waals surface area contributed by atoms with E-state index in [0.717, 1.165) is 50.9 Å². The summed E-state index contributed by atoms with van der Waals surface area (Å²) in [6, 6.07) is 9.98. The maximum absolute atomic E-state index is 11.6. The Morgan fingerprint density at radius 3 is 2.89 bits per heavy atom. The molecule has 0 unspecified atom stereocenters. The summed E-state index contributed by atoms with van der Waals surface area (Å²) in [5.74, 6) is -0.0639. The van der Waals surface area contributed by atoms with Crippen molar-refractivity contribution in [2.45, 2.75) is 19.8 Å². The predicted octanol–water partition coefficient (Wildman–Crippen LogP) is 4.53. The van der Waals surface area contributed by atoms with Gasteiger partial charge in [-0.1, -0.05) is 15.9 Å². The molecule has 2 N–H and O–H groups in total. The minimum Gasteiger partial charge on any atom is -0.497 e. The first kappa shape index (κ1) is 17.8. The molecule has 138 valence electrons. The summed E-state index contributed by atoms with van der Waals surface area (Å²) in [6.07, 6.45) is 1.54. The smallest absolute Gasteiger partial charge is 0.338 e. The van der Waals surface area contributed by atoms with Crippen LogP contribution in [-0.2, 0) is 12.8 Å². The molecule has 0 radical (unpaired) electrons. The molecule has 0 aliphatic carbocycles. The van der Waals surface area contributed by atoms with Crippen LogP contribution in [0.25, 0.3) is 10.9 Å². The molecule has 2 aromatic carbocycles. The number of carboxylic acids is 1. The first-order valence-corrected chi connectivity index (χ1v) is 9.52. The summed E-state index contributed by atoms with van der Waals surface area (Å²) < 4.78 is 6.27. The van der Waals surface area contributed by atoms with Gasteiger partial charge in [0.2, 0.25) is 0 Å². The van der Waals surface area contributed by atoms with Crippen molar-refractivity contribution in [1.29, 1.82) is 0 Å². The number of aromatic carboxylic acids is 1. The van der Waals surface area contributed by atoms with E-state index in [0.29, 0.717) is 17.7 Å². The van der Waals surface area contributed by atoms with Gasteiger partial charge in [0, 0.05) is 39.7 Å². The molecule has 0 bridgehead atoms. The minimum absolute atomic E-state index is 0.328. The first-order chi connectivity index (χ1) is 13.0. The van der Waals surface area contributed by atoms with Crippen molar-refractivity contribution in [3.8, 4) is 5.75 Å². The molecule has 1 aromatic heterocycles. The lowest BCUT2D eigenvalue weighted by atomic mass is 9.93. The predicted molar refractivity (Wildman–Crippen MR) is 110 cm³/mol. The standard InChI is InChI=1S/C21H19BrN2O3/c1-11-20(21(25)26)16-8-13(17(22)10-19(16)24-11)9-18-15-4-3-14(27-2)7-12(15)5-6-23-18/h3-4,7-8,10,24H,5-6,9H2,1-2H3,(H,25,26). The average Bonchev–Trinajstić information content (AvgIpc) is 2.96. The molecular formula is C21H19BrN2O3. The van der Waals surface area contributed by atoms with Crippen LogP contribution in [-0.4, -0.2) is 35.4 Å². The minimum atomic E-state index is -0.917. The fraction of sp³-hybridized carbons (Fsp3) is 0.238. The monoisotopic (exact) mass is 426 g/mol. The van der Waals surface area contributed by atoms with Crippen molar-refractivity contribution < 1.29 is 14.6 Å². The van der Waals surface area contributed by atoms with E-state index in [1.807, 2.05) is 18.2 Å². The molecule has 6 heteroatoms. The number of fused-ring (bicyclic) bond motifs is 2. The zero-order chi connectivity index (χ0) is 19.1. The van der Waals surface area contributed by atoms with Gasteiger partial charge in [-0.3, -0.25) is 4.99 Å². The zero-order valence-corrected chi connectivity index (χ0v) is 16.7. The molecule has 4 rings (SSSR count). The van der Waals surface area contributed by atoms with Crippen molar-refractivity contribution in [2.24, 2.45) is 4.99 Å². The van der Waals surface area contributed by atoms with Crippen LogP contribution in [0.1, 0.15) is 32.7 Å². The van der Waals surface area contributed by atoms with Crippen LogP contribution < -0.4 is 4.74 Å². The molecule has 1 aliphatic rings. The van der Waals surface area contributed by atoms with Gasteiger partial charge >= 0.3 is 5.97 Å². The third kappa shape index (κ3) is 3.14. The second-order valence-corrected chi connectivity index (χ2v) is 7.55. The molecular weight excluding hydrogens is 408 g/mol. The molecule has 0 spiro atoms. The second kappa shape index (κ2) is 6.85. The Morgan fingerprint density at radius 2 is 2.15 bits per heavy atom. The molecule has 0 saturated carbocycles. The number of hydrogen-bond donors (Lipinski definition) is 2. The second-order valence-electron chi connectivity index (χ2n) is 6.70. The highest BCUT2D eigenvalue weighted by atomic mass is 79.9. The number of aromatic amines is 1. The van der Waals surface area contributed by atoms with E-state index in [9.17, 15) is 9.90 Å². The number of ether oxygens (including phenoxy) is 1. The number of benzene rings is 2. The molecule has 27 heavy (non-hydrogen) atoms. The molecule has 0 saturated heterocycles. The van der Waals surface area contributed by atoms with Gasteiger partial charge in [-0.05, 0) is 60.4 Å². The van der Waals surface area contributed by atoms with Crippen molar-refractivity contribution in [3.63, 3.8) is 0 Å². The van der Waals surface area contributed by atoms with Gasteiger partial charge in [0.1, 0.15) is 5.75 Å². The Morgan fingerprint density at radius 1 is 1.33 bits per heavy atom. The Hall–Kier alpha value is -2.60. The van der Waals surface area contributed by atoms with Crippen LogP contribution in [0.2, 0.25) is 0 Å². The summed E-state index contributed by atoms with van der Waals surface area (Å²) in [5, 5.41) is 10.3. The maximum Gasteiger partial charge on any atom is 0.338 e. The SMILES string of the molecule is COc1ccc2c(c1)CCN=C2Cc1cc2c(C(=O)O)c(C)[nH]c2cc1Br. The van der Waals surface area contributed by atoms with Gasteiger partial charge in [0.15, 0.2) is 0 Å². The zero-order valence-electron chi connectivity index (χ0n) is 15.1. The van der Waals surface area contributed by atoms with Crippen molar-refractivity contribution in [2.75, 3.05) is 13.7 Å². The summed E-state index contributed by atoms with van der Waals surface area (Å²) in [5.41, 5.74) is 6.22. The lowest BCUT2D eigenvalue weighted by Gasteiger charge is -2.18. The largest absolute Gasteiger partial charge is 0.497 e. The van der Waals surface area contributed by atoms with E-state index in [1.165, 1.54) is 5.56 Å². The number of nitrogens with one attached hydrogen (secondary N) is 1. The van der Waals surface area contributed by atoms with Gasteiger partial charge in [-0.15, -0.1) is 0 Å². The summed E-state index contributed by atoms with van der Waals surface area (Å²) in [6.45, 7) is 2.53. The topological polar surface area (TPSA) is 74.7 Å². The van der Waals surface area contributed by atoms with Gasteiger partial charge in [0.05, 0.1) is 12.7 Å². The number of rotatable bonds is 4. The van der Waals surface area contributed by atoms with Crippen LogP contribution in [0.3, 0.4) is 0 Å². The number of carbonyl (C=O) groups is 1. The molecule has 3 aromatic rings. The maximum atomic E-state index is 11.6. The number of carboxylic acid groups (broad SMARTS) is 1. The van der Waals surface area contributed by atoms with Crippen molar-refractivity contribution in [3.05, 3.63) is 62.8 Å². The molecule has 5 nitrogen and oxygen atoms in total. The number of nitrogens with zero attached hydrogens (tertiary/aromatic N) is 1.